The summed E-state index contributed by atoms with van der Waals surface area (Å²) in [6.45, 7) is 0. The summed E-state index contributed by atoms with van der Waals surface area (Å²) in [5.74, 6) is 0.684. The zero-order valence-corrected chi connectivity index (χ0v) is 13.3. The van der Waals surface area contributed by atoms with Crippen LogP contribution in [-0.4, -0.2) is 24.0 Å². The molecule has 6 heteroatoms. The van der Waals surface area contributed by atoms with Crippen LogP contribution in [0.3, 0.4) is 0 Å². The smallest absolute Gasteiger partial charge is 0.287 e. The van der Waals surface area contributed by atoms with Gasteiger partial charge in [0.15, 0.2) is 5.76 Å². The number of amides is 1. The maximum absolute atomic E-state index is 12.4. The fraction of sp³-hybridized carbons (Fsp3) is 0.353. The van der Waals surface area contributed by atoms with Crippen molar-refractivity contribution < 1.29 is 9.21 Å². The highest BCUT2D eigenvalue weighted by atomic mass is 35.5. The number of benzene rings is 1. The average molecular weight is 332 g/mol. The van der Waals surface area contributed by atoms with Crippen LogP contribution in [0.1, 0.15) is 29.8 Å². The predicted octanol–water partition coefficient (Wildman–Crippen LogP) is 2.80. The summed E-state index contributed by atoms with van der Waals surface area (Å²) in [5, 5.41) is 7.07. The number of halogens is 1. The number of carbonyl (C=O) groups is 1. The second-order valence-corrected chi connectivity index (χ2v) is 6.67. The Morgan fingerprint density at radius 1 is 1.30 bits per heavy atom. The Labute approximate surface area is 139 Å². The number of carbonyl (C=O) groups excluding carboxylic acids is 1. The van der Waals surface area contributed by atoms with Crippen LogP contribution in [0.15, 0.2) is 34.7 Å². The van der Waals surface area contributed by atoms with E-state index in [0.717, 1.165) is 18.4 Å². The average Bonchev–Trinajstić information content (AvgIpc) is 3.23. The molecule has 2 fully saturated rings. The van der Waals surface area contributed by atoms with Crippen LogP contribution in [0.5, 0.6) is 0 Å². The van der Waals surface area contributed by atoms with Crippen LogP contribution >= 0.6 is 11.6 Å². The Balaban J connectivity index is 1.50. The van der Waals surface area contributed by atoms with Gasteiger partial charge < -0.3 is 20.8 Å². The molecular formula is C17H18ClN3O2. The summed E-state index contributed by atoms with van der Waals surface area (Å²) in [4.78, 5) is 12.4. The van der Waals surface area contributed by atoms with Gasteiger partial charge in [-0.2, -0.15) is 0 Å². The number of nitrogens with one attached hydrogen (secondary N) is 2. The van der Waals surface area contributed by atoms with E-state index in [9.17, 15) is 4.79 Å². The van der Waals surface area contributed by atoms with Crippen LogP contribution in [-0.2, 0) is 0 Å². The van der Waals surface area contributed by atoms with E-state index in [-0.39, 0.29) is 11.9 Å². The van der Waals surface area contributed by atoms with Crippen LogP contribution in [0.25, 0.3) is 11.3 Å². The van der Waals surface area contributed by atoms with Gasteiger partial charge in [0.2, 0.25) is 0 Å². The third-order valence-corrected chi connectivity index (χ3v) is 5.02. The number of nitrogens with two attached hydrogens (primary N) is 1. The first-order valence-electron chi connectivity index (χ1n) is 7.82. The minimum Gasteiger partial charge on any atom is -0.451 e. The van der Waals surface area contributed by atoms with E-state index in [1.807, 2.05) is 0 Å². The van der Waals surface area contributed by atoms with Gasteiger partial charge in [-0.15, -0.1) is 0 Å². The van der Waals surface area contributed by atoms with Crippen molar-refractivity contribution in [1.29, 1.82) is 0 Å². The Morgan fingerprint density at radius 2 is 2.17 bits per heavy atom. The van der Waals surface area contributed by atoms with Gasteiger partial charge in [0.25, 0.3) is 5.91 Å². The molecule has 0 aliphatic carbocycles. The van der Waals surface area contributed by atoms with Crippen LogP contribution in [0.4, 0.5) is 5.69 Å². The van der Waals surface area contributed by atoms with E-state index in [2.05, 4.69) is 10.6 Å². The molecule has 23 heavy (non-hydrogen) atoms. The number of rotatable bonds is 3. The van der Waals surface area contributed by atoms with E-state index in [0.29, 0.717) is 34.3 Å². The Morgan fingerprint density at radius 3 is 2.87 bits per heavy atom. The molecule has 2 bridgehead atoms. The van der Waals surface area contributed by atoms with Gasteiger partial charge in [0, 0.05) is 29.4 Å². The maximum atomic E-state index is 12.4. The fourth-order valence-corrected chi connectivity index (χ4v) is 3.84. The summed E-state index contributed by atoms with van der Waals surface area (Å²) >= 11 is 6.18. The standard InChI is InChI=1S/C17H18ClN3O2/c18-12-7-9(19)1-3-11(12)15-5-6-16(23-15)17(22)21-14-8-10-2-4-13(14)20-10/h1,3,5-7,10,13-14,20H,2,4,8,19H2,(H,21,22). The number of furan rings is 1. The second-order valence-electron chi connectivity index (χ2n) is 6.27. The summed E-state index contributed by atoms with van der Waals surface area (Å²) < 4.78 is 5.68. The third kappa shape index (κ3) is 2.71. The summed E-state index contributed by atoms with van der Waals surface area (Å²) in [5.41, 5.74) is 7.01. The molecule has 2 aliphatic heterocycles. The SMILES string of the molecule is Nc1ccc(-c2ccc(C(=O)NC3CC4CCC3N4)o2)c(Cl)c1. The number of anilines is 1. The van der Waals surface area contributed by atoms with Gasteiger partial charge in [0.1, 0.15) is 5.76 Å². The Hall–Kier alpha value is -1.98. The van der Waals surface area contributed by atoms with Gasteiger partial charge in [-0.1, -0.05) is 11.6 Å². The van der Waals surface area contributed by atoms with E-state index >= 15 is 0 Å². The number of hydrogen-bond acceptors (Lipinski definition) is 4. The largest absolute Gasteiger partial charge is 0.451 e. The zero-order chi connectivity index (χ0) is 16.0. The predicted molar refractivity (Wildman–Crippen MR) is 89.4 cm³/mol. The topological polar surface area (TPSA) is 80.3 Å². The molecule has 0 spiro atoms. The maximum Gasteiger partial charge on any atom is 0.287 e. The van der Waals surface area contributed by atoms with Crippen molar-refractivity contribution in [2.45, 2.75) is 37.4 Å². The normalized spacial score (nSPS) is 25.7. The fourth-order valence-electron chi connectivity index (χ4n) is 3.56. The first-order valence-corrected chi connectivity index (χ1v) is 8.20. The molecule has 2 saturated heterocycles. The van der Waals surface area contributed by atoms with Crippen molar-refractivity contribution in [1.82, 2.24) is 10.6 Å². The van der Waals surface area contributed by atoms with Gasteiger partial charge in [-0.25, -0.2) is 0 Å². The van der Waals surface area contributed by atoms with Gasteiger partial charge in [0.05, 0.1) is 5.02 Å². The number of hydrogen-bond donors (Lipinski definition) is 3. The molecule has 120 valence electrons. The highest BCUT2D eigenvalue weighted by molar-refractivity contribution is 6.33. The van der Waals surface area contributed by atoms with Gasteiger partial charge >= 0.3 is 0 Å². The van der Waals surface area contributed by atoms with Crippen molar-refractivity contribution in [3.05, 3.63) is 41.1 Å². The zero-order valence-electron chi connectivity index (χ0n) is 12.5. The molecule has 4 N–H and O–H groups in total. The van der Waals surface area contributed by atoms with Crippen LogP contribution in [0, 0.1) is 0 Å². The molecule has 2 aromatic rings. The Bertz CT molecular complexity index is 758. The third-order valence-electron chi connectivity index (χ3n) is 4.70. The lowest BCUT2D eigenvalue weighted by Crippen LogP contribution is -2.42. The van der Waals surface area contributed by atoms with E-state index in [1.165, 1.54) is 6.42 Å². The van der Waals surface area contributed by atoms with Gasteiger partial charge in [-0.3, -0.25) is 4.79 Å². The minimum atomic E-state index is -0.179. The molecule has 3 atom stereocenters. The van der Waals surface area contributed by atoms with Crippen molar-refractivity contribution in [2.75, 3.05) is 5.73 Å². The Kier molecular flexibility index (Phi) is 3.54. The monoisotopic (exact) mass is 331 g/mol. The summed E-state index contributed by atoms with van der Waals surface area (Å²) in [6, 6.07) is 9.78. The van der Waals surface area contributed by atoms with Crippen LogP contribution in [0.2, 0.25) is 5.02 Å². The van der Waals surface area contributed by atoms with Gasteiger partial charge in [-0.05, 0) is 49.6 Å². The first-order chi connectivity index (χ1) is 11.1. The number of fused-ring (bicyclic) bond motifs is 2. The first kappa shape index (κ1) is 14.6. The molecule has 1 amide bonds. The molecule has 1 aromatic heterocycles. The summed E-state index contributed by atoms with van der Waals surface area (Å²) in [6.07, 6.45) is 3.32. The highest BCUT2D eigenvalue weighted by Gasteiger charge is 2.39. The van der Waals surface area contributed by atoms with Crippen molar-refractivity contribution in [3.8, 4) is 11.3 Å². The molecule has 0 saturated carbocycles. The second kappa shape index (κ2) is 5.58. The molecule has 1 aromatic carbocycles. The molecule has 3 unspecified atom stereocenters. The van der Waals surface area contributed by atoms with E-state index < -0.39 is 0 Å². The van der Waals surface area contributed by atoms with Crippen molar-refractivity contribution in [3.63, 3.8) is 0 Å². The lowest BCUT2D eigenvalue weighted by Gasteiger charge is -2.20. The van der Waals surface area contributed by atoms with Crippen molar-refractivity contribution >= 4 is 23.2 Å². The molecule has 2 aliphatic rings. The molecule has 5 nitrogen and oxygen atoms in total. The molecule has 4 rings (SSSR count). The lowest BCUT2D eigenvalue weighted by atomic mass is 9.95. The summed E-state index contributed by atoms with van der Waals surface area (Å²) in [7, 11) is 0. The molecular weight excluding hydrogens is 314 g/mol. The highest BCUT2D eigenvalue weighted by Crippen LogP contribution is 2.31. The molecule has 3 heterocycles. The minimum absolute atomic E-state index is 0.179. The van der Waals surface area contributed by atoms with E-state index in [1.54, 1.807) is 30.3 Å². The number of nitrogen functional groups attached to an aromatic ring is 1. The van der Waals surface area contributed by atoms with Crippen molar-refractivity contribution in [2.24, 2.45) is 0 Å². The van der Waals surface area contributed by atoms with Crippen LogP contribution < -0.4 is 16.4 Å². The quantitative estimate of drug-likeness (QED) is 0.755. The lowest BCUT2D eigenvalue weighted by molar-refractivity contribution is 0.0903. The molecule has 0 radical (unpaired) electrons. The van der Waals surface area contributed by atoms with E-state index in [4.69, 9.17) is 21.8 Å².